The van der Waals surface area contributed by atoms with E-state index >= 15 is 0 Å². The molecule has 1 fully saturated rings. The molecule has 192 valence electrons. The zero-order valence-corrected chi connectivity index (χ0v) is 20.8. The van der Waals surface area contributed by atoms with Crippen molar-refractivity contribution in [2.75, 3.05) is 19.8 Å². The molecular formula is C23H31N3O8S. The third-order valence-electron chi connectivity index (χ3n) is 5.55. The van der Waals surface area contributed by atoms with E-state index in [-0.39, 0.29) is 25.7 Å². The maximum Gasteiger partial charge on any atom is 0.410 e. The molecule has 1 heterocycles. The third kappa shape index (κ3) is 6.07. The molecule has 1 amide bonds. The lowest BCUT2D eigenvalue weighted by Gasteiger charge is -2.41. The predicted molar refractivity (Wildman–Crippen MR) is 127 cm³/mol. The standard InChI is InChI=1S/C23H31N3O8S/c1-5-12-33-26(35(31,32)21-9-7-6-8-19(21)25(29)30)20-14-24(22(28)34-23(2,3)4)17(15-27)13-18(20)16-10-11-16/h5-9,13,16-17,20,27H,1,10-12,14-15H2,2-4H3/t17-,20?/m0/s1. The topological polar surface area (TPSA) is 140 Å². The predicted octanol–water partition coefficient (Wildman–Crippen LogP) is 3.02. The number of nitro groups is 1. The summed E-state index contributed by atoms with van der Waals surface area (Å²) in [5, 5.41) is 21.6. The number of para-hydroxylation sites is 1. The summed E-state index contributed by atoms with van der Waals surface area (Å²) in [5.41, 5.74) is -0.720. The molecule has 0 bridgehead atoms. The van der Waals surface area contributed by atoms with Crippen LogP contribution in [0, 0.1) is 16.0 Å². The van der Waals surface area contributed by atoms with E-state index in [1.165, 1.54) is 23.1 Å². The first-order valence-electron chi connectivity index (χ1n) is 11.2. The molecule has 0 spiro atoms. The number of nitro benzene ring substituents is 1. The Morgan fingerprint density at radius 1 is 1.34 bits per heavy atom. The SMILES string of the molecule is C=CCON(C1CN(C(=O)OC(C)(C)C)[C@H](CO)C=C1C1CC1)S(=O)(=O)c1ccccc1[N+](=O)[O-]. The molecule has 1 unspecified atom stereocenters. The summed E-state index contributed by atoms with van der Waals surface area (Å²) >= 11 is 0. The van der Waals surface area contributed by atoms with E-state index < -0.39 is 49.3 Å². The molecule has 2 atom stereocenters. The lowest BCUT2D eigenvalue weighted by atomic mass is 9.95. The minimum atomic E-state index is -4.56. The molecule has 1 N–H and O–H groups in total. The first-order chi connectivity index (χ1) is 16.4. The smallest absolute Gasteiger partial charge is 0.410 e. The zero-order chi connectivity index (χ0) is 26.0. The van der Waals surface area contributed by atoms with Crippen molar-refractivity contribution in [3.05, 3.63) is 58.7 Å². The highest BCUT2D eigenvalue weighted by Gasteiger charge is 2.47. The highest BCUT2D eigenvalue weighted by molar-refractivity contribution is 7.89. The van der Waals surface area contributed by atoms with Crippen molar-refractivity contribution >= 4 is 21.8 Å². The van der Waals surface area contributed by atoms with E-state index in [2.05, 4.69) is 6.58 Å². The minimum absolute atomic E-state index is 0.0469. The van der Waals surface area contributed by atoms with Gasteiger partial charge >= 0.3 is 6.09 Å². The van der Waals surface area contributed by atoms with Gasteiger partial charge in [0.25, 0.3) is 15.7 Å². The van der Waals surface area contributed by atoms with Crippen LogP contribution in [0.2, 0.25) is 0 Å². The molecule has 0 saturated heterocycles. The molecule has 1 saturated carbocycles. The number of hydrogen-bond acceptors (Lipinski definition) is 8. The van der Waals surface area contributed by atoms with Gasteiger partial charge in [-0.15, -0.1) is 6.58 Å². The average Bonchev–Trinajstić information content (AvgIpc) is 3.63. The van der Waals surface area contributed by atoms with Crippen molar-refractivity contribution in [1.29, 1.82) is 0 Å². The Morgan fingerprint density at radius 3 is 2.54 bits per heavy atom. The Bertz CT molecular complexity index is 1110. The van der Waals surface area contributed by atoms with Gasteiger partial charge in [0.2, 0.25) is 0 Å². The van der Waals surface area contributed by atoms with Gasteiger partial charge in [0, 0.05) is 12.6 Å². The van der Waals surface area contributed by atoms with Crippen molar-refractivity contribution in [3.63, 3.8) is 0 Å². The minimum Gasteiger partial charge on any atom is -0.444 e. The summed E-state index contributed by atoms with van der Waals surface area (Å²) in [7, 11) is -4.56. The number of carbonyl (C=O) groups is 1. The van der Waals surface area contributed by atoms with Crippen LogP contribution in [0.5, 0.6) is 0 Å². The number of sulfonamides is 1. The Kier molecular flexibility index (Phi) is 8.00. The van der Waals surface area contributed by atoms with Crippen LogP contribution in [0.25, 0.3) is 0 Å². The van der Waals surface area contributed by atoms with Crippen LogP contribution in [0.4, 0.5) is 10.5 Å². The second-order valence-corrected chi connectivity index (χ2v) is 11.2. The fraction of sp³-hybridized carbons (Fsp3) is 0.522. The number of benzene rings is 1. The molecule has 1 aliphatic heterocycles. The van der Waals surface area contributed by atoms with Gasteiger partial charge in [0.15, 0.2) is 4.90 Å². The molecule has 1 aromatic carbocycles. The first-order valence-corrected chi connectivity index (χ1v) is 12.7. The Balaban J connectivity index is 2.10. The number of hydroxylamine groups is 1. The molecule has 12 heteroatoms. The van der Waals surface area contributed by atoms with Crippen LogP contribution in [0.15, 0.2) is 53.5 Å². The number of ether oxygens (including phenoxy) is 1. The monoisotopic (exact) mass is 509 g/mol. The van der Waals surface area contributed by atoms with Crippen LogP contribution in [0.3, 0.4) is 0 Å². The van der Waals surface area contributed by atoms with E-state index in [9.17, 15) is 28.4 Å². The summed E-state index contributed by atoms with van der Waals surface area (Å²) < 4.78 is 33.7. The van der Waals surface area contributed by atoms with Gasteiger partial charge in [-0.05, 0) is 51.2 Å². The molecule has 0 radical (unpaired) electrons. The normalized spacial score (nSPS) is 20.9. The number of hydrogen-bond donors (Lipinski definition) is 1. The molecular weight excluding hydrogens is 478 g/mol. The highest BCUT2D eigenvalue weighted by atomic mass is 32.2. The Morgan fingerprint density at radius 2 is 2.00 bits per heavy atom. The second-order valence-electron chi connectivity index (χ2n) is 9.41. The molecule has 3 rings (SSSR count). The van der Waals surface area contributed by atoms with Crippen molar-refractivity contribution in [3.8, 4) is 0 Å². The number of carbonyl (C=O) groups excluding carboxylic acids is 1. The summed E-state index contributed by atoms with van der Waals surface area (Å²) in [6.45, 7) is 7.92. The number of aliphatic hydroxyl groups is 1. The van der Waals surface area contributed by atoms with Crippen molar-refractivity contribution in [2.24, 2.45) is 5.92 Å². The van der Waals surface area contributed by atoms with Crippen molar-refractivity contribution in [2.45, 2.75) is 56.2 Å². The van der Waals surface area contributed by atoms with E-state index in [0.29, 0.717) is 5.57 Å². The molecule has 0 aromatic heterocycles. The van der Waals surface area contributed by atoms with Crippen LogP contribution in [-0.4, -0.2) is 71.4 Å². The lowest BCUT2D eigenvalue weighted by Crippen LogP contribution is -2.56. The highest BCUT2D eigenvalue weighted by Crippen LogP contribution is 2.43. The van der Waals surface area contributed by atoms with Crippen LogP contribution in [0.1, 0.15) is 33.6 Å². The molecule has 1 aliphatic carbocycles. The summed E-state index contributed by atoms with van der Waals surface area (Å²) in [5.74, 6) is 0.0469. The van der Waals surface area contributed by atoms with Crippen molar-refractivity contribution < 1.29 is 32.8 Å². The summed E-state index contributed by atoms with van der Waals surface area (Å²) in [6, 6.07) is 3.31. The van der Waals surface area contributed by atoms with Crippen LogP contribution < -0.4 is 0 Å². The van der Waals surface area contributed by atoms with Gasteiger partial charge in [0.05, 0.1) is 30.2 Å². The number of amides is 1. The Hall–Kier alpha value is -2.80. The van der Waals surface area contributed by atoms with Gasteiger partial charge in [0.1, 0.15) is 5.60 Å². The van der Waals surface area contributed by atoms with Gasteiger partial charge in [-0.3, -0.25) is 19.9 Å². The van der Waals surface area contributed by atoms with Crippen molar-refractivity contribution in [1.82, 2.24) is 9.37 Å². The van der Waals surface area contributed by atoms with Crippen LogP contribution in [-0.2, 0) is 19.6 Å². The third-order valence-corrected chi connectivity index (χ3v) is 7.29. The van der Waals surface area contributed by atoms with E-state index in [4.69, 9.17) is 9.57 Å². The summed E-state index contributed by atoms with van der Waals surface area (Å²) in [6.07, 6.45) is 3.93. The Labute approximate surface area is 204 Å². The molecule has 35 heavy (non-hydrogen) atoms. The number of aliphatic hydroxyl groups excluding tert-OH is 1. The largest absolute Gasteiger partial charge is 0.444 e. The zero-order valence-electron chi connectivity index (χ0n) is 20.0. The molecule has 1 aromatic rings. The van der Waals surface area contributed by atoms with Gasteiger partial charge in [-0.1, -0.05) is 28.8 Å². The molecule has 11 nitrogen and oxygen atoms in total. The quantitative estimate of drug-likeness (QED) is 0.304. The van der Waals surface area contributed by atoms with Crippen LogP contribution >= 0.6 is 0 Å². The fourth-order valence-corrected chi connectivity index (χ4v) is 5.50. The van der Waals surface area contributed by atoms with Gasteiger partial charge in [-0.25, -0.2) is 13.2 Å². The second kappa shape index (κ2) is 10.4. The van der Waals surface area contributed by atoms with Gasteiger partial charge < -0.3 is 9.84 Å². The maximum absolute atomic E-state index is 13.8. The van der Waals surface area contributed by atoms with E-state index in [1.807, 2.05) is 0 Å². The number of rotatable bonds is 9. The first kappa shape index (κ1) is 26.8. The lowest BCUT2D eigenvalue weighted by molar-refractivity contribution is -0.388. The van der Waals surface area contributed by atoms with Gasteiger partial charge in [-0.2, -0.15) is 0 Å². The van der Waals surface area contributed by atoms with E-state index in [0.717, 1.165) is 29.4 Å². The summed E-state index contributed by atoms with van der Waals surface area (Å²) in [4.78, 5) is 30.1. The average molecular weight is 510 g/mol. The molecule has 2 aliphatic rings. The fourth-order valence-electron chi connectivity index (χ4n) is 3.92. The maximum atomic E-state index is 13.8. The van der Waals surface area contributed by atoms with E-state index in [1.54, 1.807) is 26.8 Å². The number of nitrogens with zero attached hydrogens (tertiary/aromatic N) is 3.